The number of aryl methyl sites for hydroxylation is 1. The van der Waals surface area contributed by atoms with E-state index in [0.717, 1.165) is 5.56 Å². The molecule has 90 valence electrons. The van der Waals surface area contributed by atoms with Crippen molar-refractivity contribution < 1.29 is 13.3 Å². The van der Waals surface area contributed by atoms with Crippen LogP contribution in [0, 0.1) is 6.92 Å². The van der Waals surface area contributed by atoms with E-state index in [-0.39, 0.29) is 6.17 Å². The largest absolute Gasteiger partial charge is 0.515 e. The predicted octanol–water partition coefficient (Wildman–Crippen LogP) is 1.24. The second-order valence-electron chi connectivity index (χ2n) is 3.51. The Balaban J connectivity index is 2.66. The van der Waals surface area contributed by atoms with Gasteiger partial charge in [-0.2, -0.15) is 0 Å². The first-order valence-corrected chi connectivity index (χ1v) is 7.09. The van der Waals surface area contributed by atoms with Gasteiger partial charge in [0.25, 0.3) is 0 Å². The van der Waals surface area contributed by atoms with Gasteiger partial charge < -0.3 is 19.0 Å². The van der Waals surface area contributed by atoms with Crippen LogP contribution in [0.5, 0.6) is 0 Å². The maximum absolute atomic E-state index is 5.71. The Kier molecular flexibility index (Phi) is 5.10. The second kappa shape index (κ2) is 6.12. The van der Waals surface area contributed by atoms with Gasteiger partial charge >= 0.3 is 8.80 Å². The smallest absolute Gasteiger partial charge is 0.376 e. The van der Waals surface area contributed by atoms with Crippen LogP contribution in [-0.2, 0) is 19.9 Å². The zero-order chi connectivity index (χ0) is 12.0. The molecule has 1 aromatic carbocycles. The molecule has 5 heteroatoms. The van der Waals surface area contributed by atoms with Gasteiger partial charge in [-0.3, -0.25) is 0 Å². The van der Waals surface area contributed by atoms with Crippen molar-refractivity contribution in [2.75, 3.05) is 20.4 Å². The van der Waals surface area contributed by atoms with Crippen LogP contribution in [-0.4, -0.2) is 29.2 Å². The van der Waals surface area contributed by atoms with Crippen molar-refractivity contribution in [3.8, 4) is 0 Å². The normalized spacial score (nSPS) is 11.8. The van der Waals surface area contributed by atoms with E-state index in [0.29, 0.717) is 6.61 Å². The average molecular weight is 241 g/mol. The van der Waals surface area contributed by atoms with Gasteiger partial charge in [0, 0.05) is 14.2 Å². The Morgan fingerprint density at radius 1 is 1.19 bits per heavy atom. The van der Waals surface area contributed by atoms with Crippen molar-refractivity contribution in [1.82, 2.24) is 0 Å². The van der Waals surface area contributed by atoms with E-state index in [1.54, 1.807) is 14.2 Å². The number of benzene rings is 1. The van der Waals surface area contributed by atoms with Crippen molar-refractivity contribution in [2.24, 2.45) is 5.73 Å². The van der Waals surface area contributed by atoms with Crippen LogP contribution in [0.2, 0.25) is 0 Å². The molecule has 0 radical (unpaired) electrons. The fourth-order valence-corrected chi connectivity index (χ4v) is 2.62. The molecule has 0 amide bonds. The summed E-state index contributed by atoms with van der Waals surface area (Å²) < 4.78 is 16.2. The zero-order valence-corrected chi connectivity index (χ0v) is 11.0. The van der Waals surface area contributed by atoms with Gasteiger partial charge in [0.2, 0.25) is 0 Å². The Bertz CT molecular complexity index is 320. The molecule has 0 fully saturated rings. The SMILES string of the molecule is CO[Si](CN)(OC)OCc1ccccc1C. The zero-order valence-electron chi connectivity index (χ0n) is 10.0. The first kappa shape index (κ1) is 13.3. The summed E-state index contributed by atoms with van der Waals surface area (Å²) in [6, 6.07) is 8.05. The number of rotatable bonds is 6. The van der Waals surface area contributed by atoms with Crippen molar-refractivity contribution in [1.29, 1.82) is 0 Å². The van der Waals surface area contributed by atoms with E-state index in [1.165, 1.54) is 5.56 Å². The molecule has 0 bridgehead atoms. The standard InChI is InChI=1S/C11H19NO3Si/c1-10-6-4-5-7-11(10)8-15-16(9-12,13-2)14-3/h4-7H,8-9,12H2,1-3H3. The highest BCUT2D eigenvalue weighted by atomic mass is 28.4. The fraction of sp³-hybridized carbons (Fsp3) is 0.455. The number of hydrogen-bond acceptors (Lipinski definition) is 4. The molecule has 0 saturated carbocycles. The number of hydrogen-bond donors (Lipinski definition) is 1. The van der Waals surface area contributed by atoms with Crippen LogP contribution in [0.15, 0.2) is 24.3 Å². The summed E-state index contributed by atoms with van der Waals surface area (Å²) in [5, 5.41) is 0. The molecule has 0 heterocycles. The third-order valence-electron chi connectivity index (χ3n) is 2.58. The molecule has 0 aliphatic rings. The number of nitrogens with two attached hydrogens (primary N) is 1. The van der Waals surface area contributed by atoms with Crippen LogP contribution in [0.4, 0.5) is 0 Å². The van der Waals surface area contributed by atoms with Crippen LogP contribution in [0.1, 0.15) is 11.1 Å². The van der Waals surface area contributed by atoms with Crippen LogP contribution < -0.4 is 5.73 Å². The van der Waals surface area contributed by atoms with E-state index in [2.05, 4.69) is 0 Å². The van der Waals surface area contributed by atoms with E-state index >= 15 is 0 Å². The Morgan fingerprint density at radius 3 is 2.31 bits per heavy atom. The third-order valence-corrected chi connectivity index (χ3v) is 4.91. The lowest BCUT2D eigenvalue weighted by Crippen LogP contribution is -2.51. The van der Waals surface area contributed by atoms with E-state index in [1.807, 2.05) is 31.2 Å². The molecular weight excluding hydrogens is 222 g/mol. The monoisotopic (exact) mass is 241 g/mol. The van der Waals surface area contributed by atoms with Gasteiger partial charge in [-0.25, -0.2) is 0 Å². The Morgan fingerprint density at radius 2 is 1.81 bits per heavy atom. The molecule has 16 heavy (non-hydrogen) atoms. The minimum absolute atomic E-state index is 0.284. The molecule has 1 aromatic rings. The molecule has 0 aliphatic heterocycles. The summed E-state index contributed by atoms with van der Waals surface area (Å²) in [6.07, 6.45) is 0.284. The fourth-order valence-electron chi connectivity index (χ4n) is 1.39. The lowest BCUT2D eigenvalue weighted by molar-refractivity contribution is 0.0927. The molecule has 0 aliphatic carbocycles. The summed E-state index contributed by atoms with van der Waals surface area (Å²) in [5.74, 6) is 0. The average Bonchev–Trinajstić information content (AvgIpc) is 2.34. The minimum Gasteiger partial charge on any atom is -0.376 e. The summed E-state index contributed by atoms with van der Waals surface area (Å²) in [7, 11) is 0.494. The molecule has 0 saturated heterocycles. The van der Waals surface area contributed by atoms with Gasteiger partial charge in [0.1, 0.15) is 0 Å². The van der Waals surface area contributed by atoms with Crippen LogP contribution >= 0.6 is 0 Å². The van der Waals surface area contributed by atoms with Crippen LogP contribution in [0.3, 0.4) is 0 Å². The highest BCUT2D eigenvalue weighted by Gasteiger charge is 2.37. The van der Waals surface area contributed by atoms with E-state index in [4.69, 9.17) is 19.0 Å². The molecule has 0 atom stereocenters. The van der Waals surface area contributed by atoms with E-state index in [9.17, 15) is 0 Å². The maximum atomic E-state index is 5.71. The summed E-state index contributed by atoms with van der Waals surface area (Å²) in [4.78, 5) is 0. The van der Waals surface area contributed by atoms with E-state index < -0.39 is 8.80 Å². The molecule has 0 aromatic heterocycles. The molecular formula is C11H19NO3Si. The Hall–Kier alpha value is -0.723. The van der Waals surface area contributed by atoms with Gasteiger partial charge in [-0.15, -0.1) is 0 Å². The second-order valence-corrected chi connectivity index (χ2v) is 6.39. The van der Waals surface area contributed by atoms with Crippen molar-refractivity contribution >= 4 is 8.80 Å². The van der Waals surface area contributed by atoms with Crippen molar-refractivity contribution in [3.05, 3.63) is 35.4 Å². The quantitative estimate of drug-likeness (QED) is 0.761. The molecule has 0 unspecified atom stereocenters. The predicted molar refractivity (Wildman–Crippen MR) is 64.8 cm³/mol. The highest BCUT2D eigenvalue weighted by Crippen LogP contribution is 2.13. The summed E-state index contributed by atoms with van der Waals surface area (Å²) in [6.45, 7) is 2.52. The third kappa shape index (κ3) is 3.13. The first-order chi connectivity index (χ1) is 7.67. The molecule has 1 rings (SSSR count). The molecule has 0 spiro atoms. The summed E-state index contributed by atoms with van der Waals surface area (Å²) in [5.41, 5.74) is 7.93. The molecule has 2 N–H and O–H groups in total. The van der Waals surface area contributed by atoms with Gasteiger partial charge in [-0.1, -0.05) is 24.3 Å². The topological polar surface area (TPSA) is 53.7 Å². The van der Waals surface area contributed by atoms with Gasteiger partial charge in [-0.05, 0) is 18.1 Å². The first-order valence-electron chi connectivity index (χ1n) is 5.16. The van der Waals surface area contributed by atoms with Crippen LogP contribution in [0.25, 0.3) is 0 Å². The Labute approximate surface area is 97.7 Å². The lowest BCUT2D eigenvalue weighted by Gasteiger charge is -2.25. The minimum atomic E-state index is -2.65. The van der Waals surface area contributed by atoms with Crippen molar-refractivity contribution in [2.45, 2.75) is 13.5 Å². The summed E-state index contributed by atoms with van der Waals surface area (Å²) >= 11 is 0. The lowest BCUT2D eigenvalue weighted by atomic mass is 10.1. The van der Waals surface area contributed by atoms with Crippen molar-refractivity contribution in [3.63, 3.8) is 0 Å². The molecule has 4 nitrogen and oxygen atoms in total. The van der Waals surface area contributed by atoms with Gasteiger partial charge in [0.15, 0.2) is 0 Å². The highest BCUT2D eigenvalue weighted by molar-refractivity contribution is 6.60. The maximum Gasteiger partial charge on any atom is 0.515 e. The van der Waals surface area contributed by atoms with Gasteiger partial charge in [0.05, 0.1) is 12.8 Å².